The lowest BCUT2D eigenvalue weighted by Crippen LogP contribution is -2.22. The molecule has 2 aromatic rings. The van der Waals surface area contributed by atoms with Crippen molar-refractivity contribution in [3.63, 3.8) is 0 Å². The van der Waals surface area contributed by atoms with Gasteiger partial charge in [0, 0.05) is 24.7 Å². The average molecular weight is 290 g/mol. The molecule has 0 saturated heterocycles. The van der Waals surface area contributed by atoms with Crippen molar-refractivity contribution in [3.05, 3.63) is 34.9 Å². The predicted molar refractivity (Wildman–Crippen MR) is 77.9 cm³/mol. The van der Waals surface area contributed by atoms with Crippen LogP contribution in [0.25, 0.3) is 0 Å². The van der Waals surface area contributed by atoms with Gasteiger partial charge >= 0.3 is 5.69 Å². The predicted octanol–water partition coefficient (Wildman–Crippen LogP) is 1.33. The van der Waals surface area contributed by atoms with Gasteiger partial charge in [-0.1, -0.05) is 17.8 Å². The van der Waals surface area contributed by atoms with Gasteiger partial charge < -0.3 is 20.4 Å². The van der Waals surface area contributed by atoms with Crippen LogP contribution in [0.4, 0.5) is 11.5 Å². The van der Waals surface area contributed by atoms with E-state index in [9.17, 15) is 4.79 Å². The highest BCUT2D eigenvalue weighted by Crippen LogP contribution is 2.46. The second-order valence-corrected chi connectivity index (χ2v) is 5.42. The first-order valence-electron chi connectivity index (χ1n) is 6.17. The van der Waals surface area contributed by atoms with E-state index in [2.05, 4.69) is 10.3 Å². The third kappa shape index (κ3) is 2.25. The molecule has 1 aromatic carbocycles. The highest BCUT2D eigenvalue weighted by Gasteiger charge is 2.21. The zero-order valence-corrected chi connectivity index (χ0v) is 11.7. The summed E-state index contributed by atoms with van der Waals surface area (Å²) in [6.07, 6.45) is 1.78. The molecule has 1 aliphatic rings. The van der Waals surface area contributed by atoms with Crippen LogP contribution in [-0.4, -0.2) is 22.7 Å². The lowest BCUT2D eigenvalue weighted by atomic mass is 10.3. The Morgan fingerprint density at radius 1 is 1.45 bits per heavy atom. The number of nitrogens with two attached hydrogens (primary N) is 1. The fraction of sp³-hybridized carbons (Fsp3) is 0.231. The van der Waals surface area contributed by atoms with Crippen molar-refractivity contribution in [2.75, 3.05) is 18.5 Å². The highest BCUT2D eigenvalue weighted by atomic mass is 32.2. The number of rotatable bonds is 3. The molecule has 3 rings (SSSR count). The molecular formula is C13H14N4O2S. The Hall–Kier alpha value is -1.99. The monoisotopic (exact) mass is 290 g/mol. The number of hydrogen-bond acceptors (Lipinski definition) is 6. The summed E-state index contributed by atoms with van der Waals surface area (Å²) in [4.78, 5) is 17.6. The minimum atomic E-state index is -0.291. The summed E-state index contributed by atoms with van der Waals surface area (Å²) >= 11 is 1.56. The topological polar surface area (TPSA) is 82.2 Å². The third-order valence-electron chi connectivity index (χ3n) is 2.88. The molecule has 104 valence electrons. The lowest BCUT2D eigenvalue weighted by Gasteiger charge is -2.22. The van der Waals surface area contributed by atoms with Gasteiger partial charge in [0.05, 0.1) is 10.6 Å². The van der Waals surface area contributed by atoms with E-state index >= 15 is 0 Å². The van der Waals surface area contributed by atoms with Crippen LogP contribution in [0.15, 0.2) is 39.0 Å². The quantitative estimate of drug-likeness (QED) is 0.757. The van der Waals surface area contributed by atoms with E-state index in [1.807, 2.05) is 18.2 Å². The van der Waals surface area contributed by atoms with Crippen LogP contribution in [0.3, 0.4) is 0 Å². The molecule has 0 unspecified atom stereocenters. The van der Waals surface area contributed by atoms with Crippen LogP contribution in [0, 0.1) is 0 Å². The van der Waals surface area contributed by atoms with E-state index in [1.54, 1.807) is 25.0 Å². The molecule has 0 saturated carbocycles. The second-order valence-electron chi connectivity index (χ2n) is 4.34. The largest absolute Gasteiger partial charge is 0.490 e. The van der Waals surface area contributed by atoms with Gasteiger partial charge in [-0.05, 0) is 12.1 Å². The number of para-hydroxylation sites is 1. The number of anilines is 2. The first kappa shape index (κ1) is 13.0. The summed E-state index contributed by atoms with van der Waals surface area (Å²) < 4.78 is 7.08. The fourth-order valence-electron chi connectivity index (χ4n) is 1.93. The van der Waals surface area contributed by atoms with Crippen molar-refractivity contribution in [2.45, 2.75) is 9.79 Å². The van der Waals surface area contributed by atoms with Crippen LogP contribution in [0.2, 0.25) is 0 Å². The molecule has 0 spiro atoms. The molecule has 0 amide bonds. The van der Waals surface area contributed by atoms with Crippen molar-refractivity contribution in [2.24, 2.45) is 12.8 Å². The molecule has 1 aromatic heterocycles. The number of nitrogens with zero attached hydrogens (tertiary/aromatic N) is 2. The number of hydrogen-bond donors (Lipinski definition) is 2. The lowest BCUT2D eigenvalue weighted by molar-refractivity contribution is 0.329. The Morgan fingerprint density at radius 3 is 3.10 bits per heavy atom. The number of benzene rings is 1. The van der Waals surface area contributed by atoms with Gasteiger partial charge in [-0.2, -0.15) is 4.98 Å². The normalized spacial score (nSPS) is 12.3. The van der Waals surface area contributed by atoms with Crippen LogP contribution >= 0.6 is 11.8 Å². The molecule has 7 heteroatoms. The van der Waals surface area contributed by atoms with Crippen LogP contribution in [0.1, 0.15) is 0 Å². The van der Waals surface area contributed by atoms with Crippen molar-refractivity contribution < 1.29 is 4.74 Å². The Morgan fingerprint density at radius 2 is 2.30 bits per heavy atom. The van der Waals surface area contributed by atoms with E-state index in [1.165, 1.54) is 4.57 Å². The summed E-state index contributed by atoms with van der Waals surface area (Å²) in [5, 5.41) is 3.17. The number of nitrogens with one attached hydrogen (secondary N) is 1. The number of ether oxygens (including phenoxy) is 1. The minimum absolute atomic E-state index is 0.291. The summed E-state index contributed by atoms with van der Waals surface area (Å²) in [5.41, 5.74) is 6.00. The van der Waals surface area contributed by atoms with Crippen LogP contribution in [-0.2, 0) is 7.05 Å². The standard InChI is InChI=1S/C13H14N4O2S/c1-17-7-10-12(16-13(17)18)15-11-8(19-6-5-14)3-2-4-9(11)20-10/h2-4,7H,5-6,14H2,1H3,(H,15,16,18). The average Bonchev–Trinajstić information content (AvgIpc) is 2.44. The molecule has 20 heavy (non-hydrogen) atoms. The van der Waals surface area contributed by atoms with Gasteiger partial charge in [0.25, 0.3) is 0 Å². The Bertz CT molecular complexity index is 714. The zero-order valence-electron chi connectivity index (χ0n) is 10.9. The molecule has 0 aliphatic carbocycles. The highest BCUT2D eigenvalue weighted by molar-refractivity contribution is 7.99. The van der Waals surface area contributed by atoms with Gasteiger partial charge in [0.15, 0.2) is 5.82 Å². The number of fused-ring (bicyclic) bond motifs is 2. The van der Waals surface area contributed by atoms with Crippen molar-refractivity contribution in [3.8, 4) is 5.75 Å². The summed E-state index contributed by atoms with van der Waals surface area (Å²) in [6, 6.07) is 5.80. The van der Waals surface area contributed by atoms with Crippen LogP contribution in [0.5, 0.6) is 5.75 Å². The van der Waals surface area contributed by atoms with E-state index in [0.717, 1.165) is 15.5 Å². The molecule has 0 radical (unpaired) electrons. The summed E-state index contributed by atoms with van der Waals surface area (Å²) in [6.45, 7) is 0.895. The van der Waals surface area contributed by atoms with Crippen molar-refractivity contribution in [1.29, 1.82) is 0 Å². The maximum atomic E-state index is 11.6. The Kier molecular flexibility index (Phi) is 3.37. The van der Waals surface area contributed by atoms with E-state index in [-0.39, 0.29) is 5.69 Å². The van der Waals surface area contributed by atoms with E-state index in [4.69, 9.17) is 10.5 Å². The third-order valence-corrected chi connectivity index (χ3v) is 3.96. The Labute approximate surface area is 120 Å². The van der Waals surface area contributed by atoms with Gasteiger partial charge in [0.1, 0.15) is 12.4 Å². The molecule has 1 aliphatic heterocycles. The molecule has 3 N–H and O–H groups in total. The first-order chi connectivity index (χ1) is 9.69. The van der Waals surface area contributed by atoms with Crippen molar-refractivity contribution >= 4 is 23.3 Å². The maximum Gasteiger partial charge on any atom is 0.349 e. The molecule has 2 heterocycles. The van der Waals surface area contributed by atoms with E-state index in [0.29, 0.717) is 24.7 Å². The first-order valence-corrected chi connectivity index (χ1v) is 6.99. The van der Waals surface area contributed by atoms with E-state index < -0.39 is 0 Å². The van der Waals surface area contributed by atoms with Gasteiger partial charge in [-0.3, -0.25) is 0 Å². The molecule has 0 bridgehead atoms. The maximum absolute atomic E-state index is 11.6. The number of aryl methyl sites for hydroxylation is 1. The molecule has 0 atom stereocenters. The van der Waals surface area contributed by atoms with Gasteiger partial charge in [-0.15, -0.1) is 0 Å². The zero-order chi connectivity index (χ0) is 14.1. The summed E-state index contributed by atoms with van der Waals surface area (Å²) in [7, 11) is 1.69. The summed E-state index contributed by atoms with van der Waals surface area (Å²) in [5.74, 6) is 1.28. The van der Waals surface area contributed by atoms with Crippen LogP contribution < -0.4 is 21.5 Å². The fourth-order valence-corrected chi connectivity index (χ4v) is 2.97. The molecule has 6 nitrogen and oxygen atoms in total. The SMILES string of the molecule is Cn1cc2c(nc1=O)Nc1c(OCCN)cccc1S2. The molecular weight excluding hydrogens is 276 g/mol. The second kappa shape index (κ2) is 5.18. The minimum Gasteiger partial charge on any atom is -0.490 e. The number of aromatic nitrogens is 2. The van der Waals surface area contributed by atoms with Gasteiger partial charge in [-0.25, -0.2) is 4.79 Å². The van der Waals surface area contributed by atoms with Gasteiger partial charge in [0.2, 0.25) is 0 Å². The van der Waals surface area contributed by atoms with Crippen molar-refractivity contribution in [1.82, 2.24) is 9.55 Å². The molecule has 0 fully saturated rings. The Balaban J connectivity index is 2.01. The smallest absolute Gasteiger partial charge is 0.349 e.